The number of Topliss-reactive ketones (excluding diaryl/α,β-unsaturated/α-hetero) is 1. The lowest BCUT2D eigenvalue weighted by Crippen LogP contribution is -2.15. The van der Waals surface area contributed by atoms with Crippen LogP contribution in [0, 0.1) is 30.1 Å². The SMILES string of the molecule is Cc1ccc(C(=O)C(C#N)CC(C)C)c(Br)c1. The van der Waals surface area contributed by atoms with E-state index in [4.69, 9.17) is 5.26 Å². The van der Waals surface area contributed by atoms with Crippen molar-refractivity contribution in [1.29, 1.82) is 5.26 Å². The maximum atomic E-state index is 12.2. The summed E-state index contributed by atoms with van der Waals surface area (Å²) in [5, 5.41) is 9.07. The summed E-state index contributed by atoms with van der Waals surface area (Å²) >= 11 is 3.38. The molecule has 0 N–H and O–H groups in total. The molecular formula is C14H16BrNO. The quantitative estimate of drug-likeness (QED) is 0.783. The largest absolute Gasteiger partial charge is 0.293 e. The molecule has 1 rings (SSSR count). The summed E-state index contributed by atoms with van der Waals surface area (Å²) in [6, 6.07) is 7.68. The van der Waals surface area contributed by atoms with E-state index < -0.39 is 5.92 Å². The van der Waals surface area contributed by atoms with E-state index in [1.165, 1.54) is 0 Å². The number of nitrogens with zero attached hydrogens (tertiary/aromatic N) is 1. The fourth-order valence-corrected chi connectivity index (χ4v) is 2.39. The summed E-state index contributed by atoms with van der Waals surface area (Å²) in [6.45, 7) is 6.00. The van der Waals surface area contributed by atoms with Crippen molar-refractivity contribution in [2.45, 2.75) is 27.2 Å². The highest BCUT2D eigenvalue weighted by Gasteiger charge is 2.22. The third-order valence-electron chi connectivity index (χ3n) is 2.57. The number of carbonyl (C=O) groups excluding carboxylic acids is 1. The van der Waals surface area contributed by atoms with Gasteiger partial charge in [-0.05, 0) is 37.0 Å². The molecule has 90 valence electrons. The van der Waals surface area contributed by atoms with Crippen molar-refractivity contribution in [2.75, 3.05) is 0 Å². The zero-order chi connectivity index (χ0) is 13.0. The lowest BCUT2D eigenvalue weighted by molar-refractivity contribution is 0.0936. The van der Waals surface area contributed by atoms with Crippen molar-refractivity contribution in [1.82, 2.24) is 0 Å². The number of aryl methyl sites for hydroxylation is 1. The van der Waals surface area contributed by atoms with Crippen molar-refractivity contribution in [3.63, 3.8) is 0 Å². The maximum Gasteiger partial charge on any atom is 0.181 e. The fourth-order valence-electron chi connectivity index (χ4n) is 1.70. The molecule has 0 radical (unpaired) electrons. The Morgan fingerprint density at radius 3 is 2.59 bits per heavy atom. The van der Waals surface area contributed by atoms with Gasteiger partial charge in [0.15, 0.2) is 5.78 Å². The second-order valence-electron chi connectivity index (χ2n) is 4.66. The smallest absolute Gasteiger partial charge is 0.181 e. The molecule has 0 saturated carbocycles. The number of nitriles is 1. The molecule has 0 bridgehead atoms. The minimum atomic E-state index is -0.547. The van der Waals surface area contributed by atoms with Crippen molar-refractivity contribution in [2.24, 2.45) is 11.8 Å². The van der Waals surface area contributed by atoms with Gasteiger partial charge < -0.3 is 0 Å². The third-order valence-corrected chi connectivity index (χ3v) is 3.23. The average molecular weight is 294 g/mol. The van der Waals surface area contributed by atoms with Gasteiger partial charge in [-0.1, -0.05) is 35.8 Å². The average Bonchev–Trinajstić information content (AvgIpc) is 2.24. The highest BCUT2D eigenvalue weighted by atomic mass is 79.9. The van der Waals surface area contributed by atoms with Gasteiger partial charge in [-0.25, -0.2) is 0 Å². The van der Waals surface area contributed by atoms with Crippen molar-refractivity contribution >= 4 is 21.7 Å². The van der Waals surface area contributed by atoms with E-state index in [2.05, 4.69) is 22.0 Å². The number of rotatable bonds is 4. The number of halogens is 1. The molecule has 0 aromatic heterocycles. The van der Waals surface area contributed by atoms with Crippen molar-refractivity contribution in [3.05, 3.63) is 33.8 Å². The molecule has 0 heterocycles. The van der Waals surface area contributed by atoms with Crippen LogP contribution in [0.15, 0.2) is 22.7 Å². The highest BCUT2D eigenvalue weighted by Crippen LogP contribution is 2.24. The summed E-state index contributed by atoms with van der Waals surface area (Å²) in [5.41, 5.74) is 1.69. The number of hydrogen-bond donors (Lipinski definition) is 0. The standard InChI is InChI=1S/C14H16BrNO/c1-9(2)6-11(8-16)14(17)12-5-4-10(3)7-13(12)15/h4-5,7,9,11H,6H2,1-3H3. The van der Waals surface area contributed by atoms with Gasteiger partial charge in [-0.15, -0.1) is 0 Å². The molecule has 3 heteroatoms. The van der Waals surface area contributed by atoms with Gasteiger partial charge in [0.25, 0.3) is 0 Å². The summed E-state index contributed by atoms with van der Waals surface area (Å²) < 4.78 is 0.770. The molecule has 1 unspecified atom stereocenters. The van der Waals surface area contributed by atoms with Gasteiger partial charge in [0.05, 0.1) is 6.07 Å². The highest BCUT2D eigenvalue weighted by molar-refractivity contribution is 9.10. The first kappa shape index (κ1) is 13.9. The first-order valence-electron chi connectivity index (χ1n) is 5.65. The number of hydrogen-bond acceptors (Lipinski definition) is 2. The second-order valence-corrected chi connectivity index (χ2v) is 5.51. The number of benzene rings is 1. The molecule has 0 saturated heterocycles. The Hall–Kier alpha value is -1.14. The van der Waals surface area contributed by atoms with E-state index in [1.54, 1.807) is 6.07 Å². The first-order chi connectivity index (χ1) is 7.95. The number of carbonyl (C=O) groups is 1. The Morgan fingerprint density at radius 1 is 1.47 bits per heavy atom. The Balaban J connectivity index is 2.99. The first-order valence-corrected chi connectivity index (χ1v) is 6.45. The Kier molecular flexibility index (Phi) is 4.89. The summed E-state index contributed by atoms with van der Waals surface area (Å²) in [4.78, 5) is 12.2. The van der Waals surface area contributed by atoms with Crippen LogP contribution < -0.4 is 0 Å². The molecule has 0 aliphatic rings. The molecule has 17 heavy (non-hydrogen) atoms. The van der Waals surface area contributed by atoms with Gasteiger partial charge >= 0.3 is 0 Å². The zero-order valence-corrected chi connectivity index (χ0v) is 11.9. The Morgan fingerprint density at radius 2 is 2.12 bits per heavy atom. The van der Waals surface area contributed by atoms with Crippen molar-refractivity contribution in [3.8, 4) is 6.07 Å². The van der Waals surface area contributed by atoms with Crippen molar-refractivity contribution < 1.29 is 4.79 Å². The van der Waals surface area contributed by atoms with Crippen LogP contribution in [0.2, 0.25) is 0 Å². The normalized spacial score (nSPS) is 12.2. The third kappa shape index (κ3) is 3.67. The van der Waals surface area contributed by atoms with Crippen LogP contribution in [0.3, 0.4) is 0 Å². The summed E-state index contributed by atoms with van der Waals surface area (Å²) in [5.74, 6) is -0.296. The Labute approximate surface area is 111 Å². The van der Waals surface area contributed by atoms with Gasteiger partial charge in [0, 0.05) is 10.0 Å². The lowest BCUT2D eigenvalue weighted by atomic mass is 9.91. The van der Waals surface area contributed by atoms with Crippen LogP contribution >= 0.6 is 15.9 Å². The molecule has 0 aliphatic carbocycles. The van der Waals surface area contributed by atoms with Gasteiger partial charge in [-0.3, -0.25) is 4.79 Å². The molecule has 1 aromatic carbocycles. The van der Waals surface area contributed by atoms with E-state index in [-0.39, 0.29) is 5.78 Å². The number of ketones is 1. The summed E-state index contributed by atoms with van der Waals surface area (Å²) in [7, 11) is 0. The molecular weight excluding hydrogens is 278 g/mol. The fraction of sp³-hybridized carbons (Fsp3) is 0.429. The predicted molar refractivity (Wildman–Crippen MR) is 71.8 cm³/mol. The van der Waals surface area contributed by atoms with E-state index in [1.807, 2.05) is 32.9 Å². The molecule has 0 aliphatic heterocycles. The summed E-state index contributed by atoms with van der Waals surface area (Å²) in [6.07, 6.45) is 0.607. The van der Waals surface area contributed by atoms with Crippen LogP contribution in [0.25, 0.3) is 0 Å². The minimum Gasteiger partial charge on any atom is -0.293 e. The molecule has 0 amide bonds. The minimum absolute atomic E-state index is 0.0897. The van der Waals surface area contributed by atoms with Gasteiger partial charge in [-0.2, -0.15) is 5.26 Å². The molecule has 0 fully saturated rings. The predicted octanol–water partition coefficient (Wildman–Crippen LogP) is 4.13. The maximum absolute atomic E-state index is 12.2. The zero-order valence-electron chi connectivity index (χ0n) is 10.3. The molecule has 1 aromatic rings. The Bertz CT molecular complexity index is 460. The second kappa shape index (κ2) is 5.97. The van der Waals surface area contributed by atoms with E-state index in [9.17, 15) is 4.79 Å². The van der Waals surface area contributed by atoms with E-state index >= 15 is 0 Å². The molecule has 1 atom stereocenters. The monoisotopic (exact) mass is 293 g/mol. The van der Waals surface area contributed by atoms with E-state index in [0.29, 0.717) is 17.9 Å². The van der Waals surface area contributed by atoms with Gasteiger partial charge in [0.1, 0.15) is 5.92 Å². The van der Waals surface area contributed by atoms with Crippen LogP contribution in [-0.4, -0.2) is 5.78 Å². The lowest BCUT2D eigenvalue weighted by Gasteiger charge is -2.12. The van der Waals surface area contributed by atoms with Crippen LogP contribution in [0.5, 0.6) is 0 Å². The van der Waals surface area contributed by atoms with Crippen LogP contribution in [0.4, 0.5) is 0 Å². The van der Waals surface area contributed by atoms with E-state index in [0.717, 1.165) is 10.0 Å². The van der Waals surface area contributed by atoms with Gasteiger partial charge in [0.2, 0.25) is 0 Å². The molecule has 0 spiro atoms. The topological polar surface area (TPSA) is 40.9 Å². The molecule has 2 nitrogen and oxygen atoms in total. The van der Waals surface area contributed by atoms with Crippen LogP contribution in [-0.2, 0) is 0 Å². The van der Waals surface area contributed by atoms with Crippen LogP contribution in [0.1, 0.15) is 36.2 Å².